The van der Waals surface area contributed by atoms with Crippen molar-refractivity contribution in [3.8, 4) is 0 Å². The van der Waals surface area contributed by atoms with Gasteiger partial charge in [0.25, 0.3) is 5.91 Å². The molecule has 5 nitrogen and oxygen atoms in total. The summed E-state index contributed by atoms with van der Waals surface area (Å²) in [6, 6.07) is 12.6. The third-order valence-electron chi connectivity index (χ3n) is 5.49. The summed E-state index contributed by atoms with van der Waals surface area (Å²) in [7, 11) is 1.64. The minimum Gasteiger partial charge on any atom is -0.479 e. The van der Waals surface area contributed by atoms with Crippen molar-refractivity contribution in [3.05, 3.63) is 69.7 Å². The number of carboxylic acids is 1. The van der Waals surface area contributed by atoms with Crippen LogP contribution in [0.2, 0.25) is 5.02 Å². The molecular weight excluding hydrogens is 390 g/mol. The Morgan fingerprint density at radius 3 is 2.48 bits per heavy atom. The number of hydrogen-bond donors (Lipinski definition) is 1. The van der Waals surface area contributed by atoms with Gasteiger partial charge in [0.15, 0.2) is 6.10 Å². The number of nitrogens with zero attached hydrogens (tertiary/aromatic N) is 1. The lowest BCUT2D eigenvalue weighted by Gasteiger charge is -2.43. The molecule has 1 amide bonds. The molecule has 0 saturated heterocycles. The van der Waals surface area contributed by atoms with E-state index in [1.165, 1.54) is 10.5 Å². The molecule has 3 unspecified atom stereocenters. The summed E-state index contributed by atoms with van der Waals surface area (Å²) in [5.74, 6) is -1.67. The standard InChI is InChI=1S/C23H26ClNO4/c1-4-12-29-21(23(27)28)20-19(15-8-6-14(5-2)7-9-15)18-13-16(24)10-11-17(18)22(26)25(20)3/h6-11,13,19-21H,4-5,12H2,1-3H3,(H,27,28). The number of aliphatic carboxylic acids is 1. The lowest BCUT2D eigenvalue weighted by Crippen LogP contribution is -2.55. The molecule has 1 aliphatic rings. The fraction of sp³-hybridized carbons (Fsp3) is 0.391. The highest BCUT2D eigenvalue weighted by Gasteiger charge is 2.46. The summed E-state index contributed by atoms with van der Waals surface area (Å²) in [6.45, 7) is 4.31. The van der Waals surface area contributed by atoms with Crippen LogP contribution < -0.4 is 0 Å². The topological polar surface area (TPSA) is 66.8 Å². The molecule has 0 saturated carbocycles. The second kappa shape index (κ2) is 8.97. The molecule has 0 aliphatic carbocycles. The largest absolute Gasteiger partial charge is 0.479 e. The van der Waals surface area contributed by atoms with Crippen molar-refractivity contribution in [3.63, 3.8) is 0 Å². The smallest absolute Gasteiger partial charge is 0.335 e. The van der Waals surface area contributed by atoms with Gasteiger partial charge in [0.05, 0.1) is 6.04 Å². The van der Waals surface area contributed by atoms with Crippen LogP contribution in [-0.4, -0.2) is 47.7 Å². The van der Waals surface area contributed by atoms with Crippen LogP contribution in [0.5, 0.6) is 0 Å². The van der Waals surface area contributed by atoms with E-state index in [4.69, 9.17) is 16.3 Å². The number of aryl methyl sites for hydroxylation is 1. The number of ether oxygens (including phenoxy) is 1. The zero-order valence-electron chi connectivity index (χ0n) is 16.9. The molecule has 3 atom stereocenters. The van der Waals surface area contributed by atoms with Crippen LogP contribution in [-0.2, 0) is 16.0 Å². The fourth-order valence-electron chi connectivity index (χ4n) is 3.99. The first-order valence-corrected chi connectivity index (χ1v) is 10.3. The number of benzene rings is 2. The summed E-state index contributed by atoms with van der Waals surface area (Å²) in [6.07, 6.45) is 0.450. The van der Waals surface area contributed by atoms with Gasteiger partial charge in [-0.2, -0.15) is 0 Å². The molecule has 3 rings (SSSR count). The van der Waals surface area contributed by atoms with Crippen LogP contribution in [0.15, 0.2) is 42.5 Å². The number of amides is 1. The van der Waals surface area contributed by atoms with Gasteiger partial charge in [0.2, 0.25) is 0 Å². The number of hydrogen-bond acceptors (Lipinski definition) is 3. The lowest BCUT2D eigenvalue weighted by atomic mass is 9.76. The molecule has 0 fully saturated rings. The number of carbonyl (C=O) groups excluding carboxylic acids is 1. The SMILES string of the molecule is CCCOC(C(=O)O)C1C(c2ccc(CC)cc2)c2cc(Cl)ccc2C(=O)N1C. The Balaban J connectivity index is 2.19. The van der Waals surface area contributed by atoms with Crippen molar-refractivity contribution < 1.29 is 19.4 Å². The van der Waals surface area contributed by atoms with E-state index >= 15 is 0 Å². The maximum absolute atomic E-state index is 13.1. The summed E-state index contributed by atoms with van der Waals surface area (Å²) in [5, 5.41) is 10.4. The molecule has 29 heavy (non-hydrogen) atoms. The van der Waals surface area contributed by atoms with E-state index in [0.717, 1.165) is 17.5 Å². The highest BCUT2D eigenvalue weighted by Crippen LogP contribution is 2.41. The average molecular weight is 416 g/mol. The summed E-state index contributed by atoms with van der Waals surface area (Å²) >= 11 is 6.26. The molecule has 2 aromatic rings. The van der Waals surface area contributed by atoms with Crippen LogP contribution in [0.3, 0.4) is 0 Å². The first-order chi connectivity index (χ1) is 13.9. The van der Waals surface area contributed by atoms with Gasteiger partial charge >= 0.3 is 5.97 Å². The zero-order valence-corrected chi connectivity index (χ0v) is 17.6. The highest BCUT2D eigenvalue weighted by molar-refractivity contribution is 6.30. The second-order valence-electron chi connectivity index (χ2n) is 7.34. The normalized spacial score (nSPS) is 19.7. The molecule has 0 bridgehead atoms. The summed E-state index contributed by atoms with van der Waals surface area (Å²) < 4.78 is 5.73. The van der Waals surface area contributed by atoms with Crippen LogP contribution in [0, 0.1) is 0 Å². The molecule has 1 aliphatic heterocycles. The number of carboxylic acid groups (broad SMARTS) is 1. The number of rotatable bonds is 7. The van der Waals surface area contributed by atoms with E-state index in [9.17, 15) is 14.7 Å². The van der Waals surface area contributed by atoms with Crippen molar-refractivity contribution >= 4 is 23.5 Å². The van der Waals surface area contributed by atoms with Crippen molar-refractivity contribution in [2.45, 2.75) is 44.8 Å². The van der Waals surface area contributed by atoms with Gasteiger partial charge in [-0.15, -0.1) is 0 Å². The molecule has 154 valence electrons. The van der Waals surface area contributed by atoms with Gasteiger partial charge in [0.1, 0.15) is 0 Å². The number of halogens is 1. The monoisotopic (exact) mass is 415 g/mol. The van der Waals surface area contributed by atoms with Crippen LogP contribution in [0.25, 0.3) is 0 Å². The number of fused-ring (bicyclic) bond motifs is 1. The Labute approximate surface area is 176 Å². The minimum absolute atomic E-state index is 0.227. The lowest BCUT2D eigenvalue weighted by molar-refractivity contribution is -0.155. The van der Waals surface area contributed by atoms with E-state index < -0.39 is 18.1 Å². The first kappa shape index (κ1) is 21.3. The Kier molecular flexibility index (Phi) is 6.60. The Hall–Kier alpha value is -2.37. The van der Waals surface area contributed by atoms with Gasteiger partial charge in [-0.3, -0.25) is 4.79 Å². The zero-order chi connectivity index (χ0) is 21.1. The predicted molar refractivity (Wildman–Crippen MR) is 113 cm³/mol. The third-order valence-corrected chi connectivity index (χ3v) is 5.73. The Bertz CT molecular complexity index is 896. The quantitative estimate of drug-likeness (QED) is 0.729. The van der Waals surface area contributed by atoms with Crippen molar-refractivity contribution in [1.82, 2.24) is 4.90 Å². The van der Waals surface area contributed by atoms with E-state index in [0.29, 0.717) is 23.6 Å². The van der Waals surface area contributed by atoms with Crippen LogP contribution in [0.4, 0.5) is 0 Å². The second-order valence-corrected chi connectivity index (χ2v) is 7.78. The fourth-order valence-corrected chi connectivity index (χ4v) is 4.18. The van der Waals surface area contributed by atoms with E-state index in [1.54, 1.807) is 25.2 Å². The minimum atomic E-state index is -1.15. The molecular formula is C23H26ClNO4. The van der Waals surface area contributed by atoms with Crippen molar-refractivity contribution in [2.75, 3.05) is 13.7 Å². The molecule has 1 N–H and O–H groups in total. The molecule has 0 spiro atoms. The molecule has 2 aromatic carbocycles. The van der Waals surface area contributed by atoms with E-state index in [-0.39, 0.29) is 11.8 Å². The van der Waals surface area contributed by atoms with Gasteiger partial charge < -0.3 is 14.7 Å². The molecule has 1 heterocycles. The van der Waals surface area contributed by atoms with Crippen molar-refractivity contribution in [2.24, 2.45) is 0 Å². The first-order valence-electron chi connectivity index (χ1n) is 9.88. The van der Waals surface area contributed by atoms with Crippen LogP contribution in [0.1, 0.15) is 53.2 Å². The third kappa shape index (κ3) is 4.16. The number of likely N-dealkylation sites (N-methyl/N-ethyl adjacent to an activating group) is 1. The highest BCUT2D eigenvalue weighted by atomic mass is 35.5. The number of carbonyl (C=O) groups is 2. The van der Waals surface area contributed by atoms with Gasteiger partial charge in [-0.25, -0.2) is 4.79 Å². The average Bonchev–Trinajstić information content (AvgIpc) is 2.71. The van der Waals surface area contributed by atoms with E-state index in [2.05, 4.69) is 6.92 Å². The molecule has 6 heteroatoms. The van der Waals surface area contributed by atoms with Gasteiger partial charge in [0, 0.05) is 30.2 Å². The van der Waals surface area contributed by atoms with Crippen LogP contribution >= 0.6 is 11.6 Å². The molecule has 0 aromatic heterocycles. The maximum Gasteiger partial charge on any atom is 0.335 e. The van der Waals surface area contributed by atoms with Crippen molar-refractivity contribution in [1.29, 1.82) is 0 Å². The van der Waals surface area contributed by atoms with E-state index in [1.807, 2.05) is 31.2 Å². The van der Waals surface area contributed by atoms with Gasteiger partial charge in [-0.05, 0) is 47.7 Å². The van der Waals surface area contributed by atoms with Gasteiger partial charge in [-0.1, -0.05) is 49.7 Å². The maximum atomic E-state index is 13.1. The molecule has 0 radical (unpaired) electrons. The summed E-state index contributed by atoms with van der Waals surface area (Å²) in [5.41, 5.74) is 3.40. The Morgan fingerprint density at radius 2 is 1.90 bits per heavy atom. The predicted octanol–water partition coefficient (Wildman–Crippen LogP) is 4.37. The Morgan fingerprint density at radius 1 is 1.21 bits per heavy atom. The summed E-state index contributed by atoms with van der Waals surface area (Å²) in [4.78, 5) is 26.7.